The van der Waals surface area contributed by atoms with Crippen LogP contribution < -0.4 is 14.8 Å². The van der Waals surface area contributed by atoms with Crippen molar-refractivity contribution in [1.29, 1.82) is 0 Å². The second-order valence-electron chi connectivity index (χ2n) is 6.05. The number of hydrogen-bond acceptors (Lipinski definition) is 4. The number of amides is 1. The number of nitrogens with one attached hydrogen (secondary N) is 1. The standard InChI is InChI=1S/C21H23N3O3/c1-3-20(27-19-6-4-5-18(13-19)26-2)21(25)23-14-16-7-9-17(10-8-16)24-12-11-22-15-24/h4-13,15,20H,3,14H2,1-2H3,(H,23,25)/t20-/m0/s1. The van der Waals surface area contributed by atoms with Crippen molar-refractivity contribution in [3.05, 3.63) is 72.8 Å². The number of carbonyl (C=O) groups is 1. The SMILES string of the molecule is CC[C@H](Oc1cccc(OC)c1)C(=O)NCc1ccc(-n2ccnc2)cc1. The molecule has 0 bridgehead atoms. The van der Waals surface area contributed by atoms with E-state index >= 15 is 0 Å². The minimum atomic E-state index is -0.553. The van der Waals surface area contributed by atoms with E-state index in [0.717, 1.165) is 11.3 Å². The Morgan fingerprint density at radius 3 is 2.63 bits per heavy atom. The lowest BCUT2D eigenvalue weighted by atomic mass is 10.2. The van der Waals surface area contributed by atoms with Gasteiger partial charge in [-0.15, -0.1) is 0 Å². The molecule has 0 radical (unpaired) electrons. The Morgan fingerprint density at radius 1 is 1.19 bits per heavy atom. The Morgan fingerprint density at radius 2 is 1.96 bits per heavy atom. The maximum atomic E-state index is 12.5. The lowest BCUT2D eigenvalue weighted by Crippen LogP contribution is -2.37. The average molecular weight is 365 g/mol. The Labute approximate surface area is 158 Å². The van der Waals surface area contributed by atoms with Gasteiger partial charge in [0.1, 0.15) is 11.5 Å². The van der Waals surface area contributed by atoms with E-state index in [-0.39, 0.29) is 5.91 Å². The molecule has 2 aromatic carbocycles. The molecule has 0 aliphatic carbocycles. The van der Waals surface area contributed by atoms with Gasteiger partial charge in [0.05, 0.1) is 13.4 Å². The molecular weight excluding hydrogens is 342 g/mol. The normalized spacial score (nSPS) is 11.6. The summed E-state index contributed by atoms with van der Waals surface area (Å²) >= 11 is 0. The number of imidazole rings is 1. The van der Waals surface area contributed by atoms with Crippen LogP contribution in [0.25, 0.3) is 5.69 Å². The first kappa shape index (κ1) is 18.5. The van der Waals surface area contributed by atoms with Crippen LogP contribution in [0.5, 0.6) is 11.5 Å². The molecule has 0 unspecified atom stereocenters. The third kappa shape index (κ3) is 4.88. The van der Waals surface area contributed by atoms with Gasteiger partial charge in [-0.2, -0.15) is 0 Å². The topological polar surface area (TPSA) is 65.4 Å². The largest absolute Gasteiger partial charge is 0.497 e. The van der Waals surface area contributed by atoms with Crippen molar-refractivity contribution in [2.45, 2.75) is 26.0 Å². The number of aromatic nitrogens is 2. The zero-order chi connectivity index (χ0) is 19.1. The van der Waals surface area contributed by atoms with Crippen molar-refractivity contribution in [2.75, 3.05) is 7.11 Å². The predicted octanol–water partition coefficient (Wildman–Crippen LogP) is 3.35. The fourth-order valence-corrected chi connectivity index (χ4v) is 2.66. The fourth-order valence-electron chi connectivity index (χ4n) is 2.66. The lowest BCUT2D eigenvalue weighted by molar-refractivity contribution is -0.128. The number of hydrogen-bond donors (Lipinski definition) is 1. The molecule has 1 amide bonds. The van der Waals surface area contributed by atoms with Crippen molar-refractivity contribution < 1.29 is 14.3 Å². The highest BCUT2D eigenvalue weighted by Gasteiger charge is 2.18. The first-order chi connectivity index (χ1) is 13.2. The first-order valence-electron chi connectivity index (χ1n) is 8.85. The van der Waals surface area contributed by atoms with Gasteiger partial charge >= 0.3 is 0 Å². The fraction of sp³-hybridized carbons (Fsp3) is 0.238. The average Bonchev–Trinajstić information content (AvgIpc) is 3.25. The molecule has 1 aromatic heterocycles. The number of benzene rings is 2. The number of ether oxygens (including phenoxy) is 2. The van der Waals surface area contributed by atoms with Crippen molar-refractivity contribution in [1.82, 2.24) is 14.9 Å². The van der Waals surface area contributed by atoms with Gasteiger partial charge in [-0.3, -0.25) is 4.79 Å². The van der Waals surface area contributed by atoms with Gasteiger partial charge in [-0.25, -0.2) is 4.98 Å². The van der Waals surface area contributed by atoms with E-state index < -0.39 is 6.10 Å². The molecule has 140 valence electrons. The summed E-state index contributed by atoms with van der Waals surface area (Å²) in [7, 11) is 1.60. The molecule has 0 spiro atoms. The van der Waals surface area contributed by atoms with E-state index in [1.54, 1.807) is 25.7 Å². The highest BCUT2D eigenvalue weighted by molar-refractivity contribution is 5.81. The minimum Gasteiger partial charge on any atom is -0.497 e. The summed E-state index contributed by atoms with van der Waals surface area (Å²) in [5, 5.41) is 2.94. The van der Waals surface area contributed by atoms with Crippen LogP contribution in [0.1, 0.15) is 18.9 Å². The number of methoxy groups -OCH3 is 1. The summed E-state index contributed by atoms with van der Waals surface area (Å²) in [6.45, 7) is 2.37. The molecule has 3 rings (SSSR count). The summed E-state index contributed by atoms with van der Waals surface area (Å²) in [6, 6.07) is 15.2. The smallest absolute Gasteiger partial charge is 0.261 e. The van der Waals surface area contributed by atoms with Crippen LogP contribution in [0, 0.1) is 0 Å². The number of carbonyl (C=O) groups excluding carboxylic acids is 1. The van der Waals surface area contributed by atoms with Crippen LogP contribution in [0.4, 0.5) is 0 Å². The van der Waals surface area contributed by atoms with Gasteiger partial charge in [0.15, 0.2) is 6.10 Å². The second kappa shape index (κ2) is 8.89. The summed E-state index contributed by atoms with van der Waals surface area (Å²) in [5.74, 6) is 1.17. The lowest BCUT2D eigenvalue weighted by Gasteiger charge is -2.18. The quantitative estimate of drug-likeness (QED) is 0.665. The van der Waals surface area contributed by atoms with Crippen molar-refractivity contribution in [2.24, 2.45) is 0 Å². The second-order valence-corrected chi connectivity index (χ2v) is 6.05. The Balaban J connectivity index is 1.56. The molecule has 0 aliphatic heterocycles. The van der Waals surface area contributed by atoms with Crippen molar-refractivity contribution >= 4 is 5.91 Å². The molecule has 1 atom stereocenters. The van der Waals surface area contributed by atoms with Crippen LogP contribution in [-0.4, -0.2) is 28.7 Å². The van der Waals surface area contributed by atoms with Crippen molar-refractivity contribution in [3.8, 4) is 17.2 Å². The van der Waals surface area contributed by atoms with Gasteiger partial charge in [0, 0.05) is 30.7 Å². The molecular formula is C21H23N3O3. The highest BCUT2D eigenvalue weighted by Crippen LogP contribution is 2.20. The first-order valence-corrected chi connectivity index (χ1v) is 8.85. The van der Waals surface area contributed by atoms with Gasteiger partial charge in [-0.1, -0.05) is 25.1 Å². The van der Waals surface area contributed by atoms with Crippen LogP contribution in [0.15, 0.2) is 67.3 Å². The highest BCUT2D eigenvalue weighted by atomic mass is 16.5. The monoisotopic (exact) mass is 365 g/mol. The molecule has 6 nitrogen and oxygen atoms in total. The molecule has 27 heavy (non-hydrogen) atoms. The van der Waals surface area contributed by atoms with Crippen LogP contribution >= 0.6 is 0 Å². The van der Waals surface area contributed by atoms with Crippen LogP contribution in [0.2, 0.25) is 0 Å². The third-order valence-electron chi connectivity index (χ3n) is 4.19. The number of nitrogens with zero attached hydrogens (tertiary/aromatic N) is 2. The summed E-state index contributed by atoms with van der Waals surface area (Å²) in [5.41, 5.74) is 2.04. The Bertz CT molecular complexity index is 861. The summed E-state index contributed by atoms with van der Waals surface area (Å²) in [4.78, 5) is 16.5. The maximum Gasteiger partial charge on any atom is 0.261 e. The van der Waals surface area contributed by atoms with Crippen LogP contribution in [-0.2, 0) is 11.3 Å². The molecule has 0 fully saturated rings. The van der Waals surface area contributed by atoms with E-state index in [1.807, 2.05) is 60.2 Å². The van der Waals surface area contributed by atoms with Crippen molar-refractivity contribution in [3.63, 3.8) is 0 Å². The molecule has 0 saturated carbocycles. The predicted molar refractivity (Wildman–Crippen MR) is 103 cm³/mol. The molecule has 1 N–H and O–H groups in total. The van der Waals surface area contributed by atoms with E-state index in [2.05, 4.69) is 10.3 Å². The molecule has 6 heteroatoms. The number of rotatable bonds is 8. The molecule has 0 saturated heterocycles. The van der Waals surface area contributed by atoms with Gasteiger partial charge in [0.2, 0.25) is 0 Å². The van der Waals surface area contributed by atoms with Gasteiger partial charge in [-0.05, 0) is 36.2 Å². The van der Waals surface area contributed by atoms with E-state index in [0.29, 0.717) is 24.5 Å². The third-order valence-corrected chi connectivity index (χ3v) is 4.19. The Hall–Kier alpha value is -3.28. The van der Waals surface area contributed by atoms with Gasteiger partial charge < -0.3 is 19.4 Å². The summed E-state index contributed by atoms with van der Waals surface area (Å²) < 4.78 is 12.9. The van der Waals surface area contributed by atoms with E-state index in [9.17, 15) is 4.79 Å². The zero-order valence-corrected chi connectivity index (χ0v) is 15.5. The minimum absolute atomic E-state index is 0.140. The van der Waals surface area contributed by atoms with E-state index in [1.165, 1.54) is 0 Å². The summed E-state index contributed by atoms with van der Waals surface area (Å²) in [6.07, 6.45) is 5.39. The maximum absolute atomic E-state index is 12.5. The Kier molecular flexibility index (Phi) is 6.10. The van der Waals surface area contributed by atoms with E-state index in [4.69, 9.17) is 9.47 Å². The zero-order valence-electron chi connectivity index (χ0n) is 15.5. The molecule has 1 heterocycles. The molecule has 0 aliphatic rings. The van der Waals surface area contributed by atoms with Gasteiger partial charge in [0.25, 0.3) is 5.91 Å². The van der Waals surface area contributed by atoms with Crippen LogP contribution in [0.3, 0.4) is 0 Å². The molecule has 3 aromatic rings.